The van der Waals surface area contributed by atoms with Gasteiger partial charge in [0.1, 0.15) is 0 Å². The van der Waals surface area contributed by atoms with Gasteiger partial charge in [0.05, 0.1) is 0 Å². The molecule has 0 radical (unpaired) electrons. The molecule has 2 bridgehead atoms. The Morgan fingerprint density at radius 3 is 2.46 bits per heavy atom. The molecule has 2 aliphatic rings. The molecule has 6 nitrogen and oxygen atoms in total. The molecule has 4 atom stereocenters. The third-order valence-corrected chi connectivity index (χ3v) is 5.12. The Morgan fingerprint density at radius 2 is 2.00 bits per heavy atom. The molecular weight excluding hydrogens is 331 g/mol. The lowest BCUT2D eigenvalue weighted by Gasteiger charge is -2.40. The van der Waals surface area contributed by atoms with E-state index >= 15 is 0 Å². The zero-order valence-electron chi connectivity index (χ0n) is 12.7. The highest BCUT2D eigenvalue weighted by Crippen LogP contribution is 2.58. The van der Waals surface area contributed by atoms with Crippen LogP contribution in [0, 0.1) is 11.8 Å². The van der Waals surface area contributed by atoms with Gasteiger partial charge in [0.2, 0.25) is 5.76 Å². The Balaban J connectivity index is 1.68. The van der Waals surface area contributed by atoms with Crippen LogP contribution in [0.25, 0.3) is 0 Å². The first kappa shape index (κ1) is 16.8. The van der Waals surface area contributed by atoms with Crippen LogP contribution in [0.3, 0.4) is 0 Å². The number of carbonyl (C=O) groups is 2. The third-order valence-electron chi connectivity index (χ3n) is 5.12. The molecule has 0 unspecified atom stereocenters. The number of fused-ring (bicyclic) bond motifs is 2. The summed E-state index contributed by atoms with van der Waals surface area (Å²) in [7, 11) is 1.07. The second-order valence-electron chi connectivity index (χ2n) is 6.27. The highest BCUT2D eigenvalue weighted by molar-refractivity contribution is 5.93. The van der Waals surface area contributed by atoms with Crippen LogP contribution in [0.15, 0.2) is 16.5 Å². The Hall–Kier alpha value is -2.03. The van der Waals surface area contributed by atoms with E-state index in [1.165, 1.54) is 6.07 Å². The van der Waals surface area contributed by atoms with Gasteiger partial charge in [0, 0.05) is 13.2 Å². The SMILES string of the molecule is CO[C@]1(C(F)(F)F)C[C@H]2C[C@@H]1C[C@@H]2NC(=O)c1ccc(C(=O)O)o1. The lowest BCUT2D eigenvalue weighted by molar-refractivity contribution is -0.287. The van der Waals surface area contributed by atoms with Crippen LogP contribution in [0.2, 0.25) is 0 Å². The molecule has 0 aliphatic heterocycles. The standard InChI is InChI=1S/C15H16F3NO5/c1-23-14(15(16,17)18)6-7-4-8(14)5-9(7)19-12(20)10-2-3-11(24-10)13(21)22/h2-3,7-9H,4-6H2,1H3,(H,19,20)(H,21,22)/t7-,8-,9+,14-/m1/s1. The number of carboxylic acid groups (broad SMARTS) is 1. The van der Waals surface area contributed by atoms with Crippen molar-refractivity contribution in [3.05, 3.63) is 23.7 Å². The normalized spacial score (nSPS) is 32.1. The lowest BCUT2D eigenvalue weighted by atomic mass is 9.81. The number of carbonyl (C=O) groups excluding carboxylic acids is 1. The molecule has 2 fully saturated rings. The molecule has 1 aromatic heterocycles. The highest BCUT2D eigenvalue weighted by Gasteiger charge is 2.68. The molecule has 0 saturated heterocycles. The number of nitrogens with one attached hydrogen (secondary N) is 1. The minimum atomic E-state index is -4.45. The van der Waals surface area contributed by atoms with Crippen LogP contribution in [-0.4, -0.2) is 41.9 Å². The number of halogens is 3. The number of carboxylic acids is 1. The van der Waals surface area contributed by atoms with E-state index in [2.05, 4.69) is 5.32 Å². The summed E-state index contributed by atoms with van der Waals surface area (Å²) in [4.78, 5) is 22.8. The lowest BCUT2D eigenvalue weighted by Crippen LogP contribution is -2.54. The summed E-state index contributed by atoms with van der Waals surface area (Å²) in [6, 6.07) is 1.96. The van der Waals surface area contributed by atoms with Gasteiger partial charge in [0.25, 0.3) is 5.91 Å². The van der Waals surface area contributed by atoms with Crippen LogP contribution in [0.4, 0.5) is 13.2 Å². The van der Waals surface area contributed by atoms with E-state index in [-0.39, 0.29) is 30.3 Å². The summed E-state index contributed by atoms with van der Waals surface area (Å²) in [5.41, 5.74) is -2.14. The molecule has 0 spiro atoms. The zero-order valence-corrected chi connectivity index (χ0v) is 12.7. The first-order chi connectivity index (χ1) is 11.2. The van der Waals surface area contributed by atoms with Crippen LogP contribution in [0.5, 0.6) is 0 Å². The first-order valence-corrected chi connectivity index (χ1v) is 7.44. The first-order valence-electron chi connectivity index (χ1n) is 7.44. The monoisotopic (exact) mass is 347 g/mol. The van der Waals surface area contributed by atoms with Crippen molar-refractivity contribution in [1.82, 2.24) is 5.32 Å². The van der Waals surface area contributed by atoms with Crippen LogP contribution < -0.4 is 5.32 Å². The maximum atomic E-state index is 13.3. The summed E-state index contributed by atoms with van der Waals surface area (Å²) in [5, 5.41) is 11.4. The molecule has 132 valence electrons. The van der Waals surface area contributed by atoms with Crippen molar-refractivity contribution in [2.24, 2.45) is 11.8 Å². The molecule has 9 heteroatoms. The van der Waals surface area contributed by atoms with E-state index in [0.717, 1.165) is 13.2 Å². The number of aromatic carboxylic acids is 1. The van der Waals surface area contributed by atoms with Crippen LogP contribution in [0.1, 0.15) is 40.4 Å². The van der Waals surface area contributed by atoms with Gasteiger partial charge < -0.3 is 19.6 Å². The van der Waals surface area contributed by atoms with Crippen molar-refractivity contribution < 1.29 is 37.0 Å². The van der Waals surface area contributed by atoms with Gasteiger partial charge in [-0.15, -0.1) is 0 Å². The fourth-order valence-corrected chi connectivity index (χ4v) is 3.99. The average Bonchev–Trinajstić information content (AvgIpc) is 3.19. The van der Waals surface area contributed by atoms with E-state index in [9.17, 15) is 22.8 Å². The zero-order chi connectivity index (χ0) is 17.7. The summed E-state index contributed by atoms with van der Waals surface area (Å²) in [6.45, 7) is 0. The molecule has 2 aliphatic carbocycles. The van der Waals surface area contributed by atoms with Gasteiger partial charge in [-0.2, -0.15) is 13.2 Å². The van der Waals surface area contributed by atoms with Crippen LogP contribution in [-0.2, 0) is 4.74 Å². The summed E-state index contributed by atoms with van der Waals surface area (Å²) in [5.74, 6) is -3.52. The summed E-state index contributed by atoms with van der Waals surface area (Å²) in [6.07, 6.45) is -4.15. The average molecular weight is 347 g/mol. The minimum absolute atomic E-state index is 0.163. The Labute approximate surface area is 135 Å². The smallest absolute Gasteiger partial charge is 0.417 e. The maximum absolute atomic E-state index is 13.3. The number of alkyl halides is 3. The van der Waals surface area contributed by atoms with E-state index in [0.29, 0.717) is 6.42 Å². The fraction of sp³-hybridized carbons (Fsp3) is 0.600. The fourth-order valence-electron chi connectivity index (χ4n) is 3.99. The number of ether oxygens (including phenoxy) is 1. The number of furan rings is 1. The van der Waals surface area contributed by atoms with Crippen molar-refractivity contribution in [1.29, 1.82) is 0 Å². The molecule has 1 amide bonds. The predicted octanol–water partition coefficient (Wildman–Crippen LogP) is 2.45. The number of rotatable bonds is 4. The number of hydrogen-bond donors (Lipinski definition) is 2. The Bertz CT molecular complexity index is 670. The van der Waals surface area contributed by atoms with Gasteiger partial charge in [0.15, 0.2) is 11.4 Å². The van der Waals surface area contributed by atoms with Crippen molar-refractivity contribution in [2.45, 2.75) is 37.1 Å². The van der Waals surface area contributed by atoms with Gasteiger partial charge in [-0.25, -0.2) is 4.79 Å². The molecule has 1 aromatic rings. The van der Waals surface area contributed by atoms with Gasteiger partial charge in [-0.05, 0) is 43.2 Å². The second-order valence-corrected chi connectivity index (χ2v) is 6.27. The molecular formula is C15H16F3NO5. The largest absolute Gasteiger partial charge is 0.475 e. The summed E-state index contributed by atoms with van der Waals surface area (Å²) >= 11 is 0. The molecule has 0 aromatic carbocycles. The topological polar surface area (TPSA) is 88.8 Å². The van der Waals surface area contributed by atoms with E-state index in [1.54, 1.807) is 0 Å². The van der Waals surface area contributed by atoms with E-state index in [4.69, 9.17) is 14.3 Å². The molecule has 2 saturated carbocycles. The molecule has 3 rings (SSSR count). The third kappa shape index (κ3) is 2.47. The van der Waals surface area contributed by atoms with Gasteiger partial charge in [-0.3, -0.25) is 4.79 Å². The minimum Gasteiger partial charge on any atom is -0.475 e. The molecule has 1 heterocycles. The van der Waals surface area contributed by atoms with Crippen molar-refractivity contribution in [2.75, 3.05) is 7.11 Å². The molecule has 2 N–H and O–H groups in total. The number of methoxy groups -OCH3 is 1. The highest BCUT2D eigenvalue weighted by atomic mass is 19.4. The van der Waals surface area contributed by atoms with Crippen molar-refractivity contribution in [3.8, 4) is 0 Å². The number of hydrogen-bond acceptors (Lipinski definition) is 4. The quantitative estimate of drug-likeness (QED) is 0.873. The van der Waals surface area contributed by atoms with Crippen molar-refractivity contribution >= 4 is 11.9 Å². The molecule has 24 heavy (non-hydrogen) atoms. The van der Waals surface area contributed by atoms with Crippen molar-refractivity contribution in [3.63, 3.8) is 0 Å². The second kappa shape index (κ2) is 5.51. The Morgan fingerprint density at radius 1 is 1.33 bits per heavy atom. The number of amides is 1. The predicted molar refractivity (Wildman–Crippen MR) is 73.5 cm³/mol. The van der Waals surface area contributed by atoms with Gasteiger partial charge >= 0.3 is 12.1 Å². The van der Waals surface area contributed by atoms with Crippen LogP contribution >= 0.6 is 0 Å². The van der Waals surface area contributed by atoms with Gasteiger partial charge in [-0.1, -0.05) is 0 Å². The maximum Gasteiger partial charge on any atom is 0.417 e. The van der Waals surface area contributed by atoms with E-state index < -0.39 is 35.6 Å². The van der Waals surface area contributed by atoms with E-state index in [1.807, 2.05) is 0 Å². The summed E-state index contributed by atoms with van der Waals surface area (Å²) < 4.78 is 49.7. The Kier molecular flexibility index (Phi) is 3.86.